The van der Waals surface area contributed by atoms with E-state index in [0.717, 1.165) is 55.6 Å². The Morgan fingerprint density at radius 3 is 2.47 bits per heavy atom. The Kier molecular flexibility index (Phi) is 8.54. The van der Waals surface area contributed by atoms with Gasteiger partial charge in [0.25, 0.3) is 5.91 Å². The molecule has 0 saturated carbocycles. The van der Waals surface area contributed by atoms with Crippen LogP contribution in [0.2, 0.25) is 0 Å². The van der Waals surface area contributed by atoms with Crippen LogP contribution in [0, 0.1) is 0 Å². The van der Waals surface area contributed by atoms with E-state index in [4.69, 9.17) is 9.72 Å². The third-order valence-corrected chi connectivity index (χ3v) is 6.25. The molecule has 7 heteroatoms. The molecule has 1 aliphatic rings. The second kappa shape index (κ2) is 12.2. The highest BCUT2D eigenvalue weighted by atomic mass is 16.5. The van der Waals surface area contributed by atoms with Crippen molar-refractivity contribution in [2.75, 3.05) is 26.2 Å². The number of hydrogen-bond acceptors (Lipinski definition) is 4. The molecule has 0 atom stereocenters. The number of hydrogen-bond donors (Lipinski definition) is 1. The Morgan fingerprint density at radius 1 is 0.941 bits per heavy atom. The van der Waals surface area contributed by atoms with Crippen molar-refractivity contribution < 1.29 is 14.3 Å². The monoisotopic (exact) mass is 462 g/mol. The molecular formula is C27H34N4O3. The largest absolute Gasteiger partial charge is 0.484 e. The van der Waals surface area contributed by atoms with Crippen molar-refractivity contribution >= 4 is 22.8 Å². The van der Waals surface area contributed by atoms with Gasteiger partial charge in [-0.25, -0.2) is 4.98 Å². The highest BCUT2D eigenvalue weighted by molar-refractivity contribution is 5.78. The molecule has 1 fully saturated rings. The third-order valence-electron chi connectivity index (χ3n) is 6.25. The summed E-state index contributed by atoms with van der Waals surface area (Å²) in [5.41, 5.74) is 2.00. The summed E-state index contributed by atoms with van der Waals surface area (Å²) >= 11 is 0. The number of aryl methyl sites for hydroxylation is 2. The van der Waals surface area contributed by atoms with Crippen LogP contribution in [-0.2, 0) is 22.6 Å². The number of rotatable bonds is 10. The molecule has 0 spiro atoms. The van der Waals surface area contributed by atoms with Gasteiger partial charge in [0.05, 0.1) is 11.0 Å². The smallest absolute Gasteiger partial charge is 0.257 e. The highest BCUT2D eigenvalue weighted by Crippen LogP contribution is 2.19. The number of likely N-dealkylation sites (tertiary alicyclic amines) is 1. The van der Waals surface area contributed by atoms with Gasteiger partial charge in [0.15, 0.2) is 6.61 Å². The van der Waals surface area contributed by atoms with E-state index in [1.165, 1.54) is 12.8 Å². The van der Waals surface area contributed by atoms with Gasteiger partial charge in [-0.2, -0.15) is 0 Å². The molecule has 2 aromatic carbocycles. The van der Waals surface area contributed by atoms with E-state index >= 15 is 0 Å². The maximum Gasteiger partial charge on any atom is 0.257 e. The lowest BCUT2D eigenvalue weighted by atomic mass is 10.2. The summed E-state index contributed by atoms with van der Waals surface area (Å²) in [7, 11) is 0. The van der Waals surface area contributed by atoms with E-state index in [9.17, 15) is 9.59 Å². The van der Waals surface area contributed by atoms with Crippen LogP contribution < -0.4 is 10.1 Å². The Morgan fingerprint density at radius 2 is 1.68 bits per heavy atom. The van der Waals surface area contributed by atoms with Crippen LogP contribution in [0.5, 0.6) is 5.75 Å². The van der Waals surface area contributed by atoms with Crippen LogP contribution in [-0.4, -0.2) is 52.5 Å². The standard InChI is InChI=1S/C27H34N4O3/c32-26(21-34-22-11-4-3-5-12-22)28-17-10-15-25-29-23-13-6-7-14-24(23)31(25)20-16-27(33)30-18-8-1-2-9-19-30/h3-7,11-14H,1-2,8-10,15-21H2,(H,28,32). The molecule has 1 aliphatic heterocycles. The van der Waals surface area contributed by atoms with Crippen molar-refractivity contribution in [2.45, 2.75) is 51.5 Å². The van der Waals surface area contributed by atoms with Gasteiger partial charge in [0.1, 0.15) is 11.6 Å². The number of carbonyl (C=O) groups excluding carboxylic acids is 2. The first-order valence-corrected chi connectivity index (χ1v) is 12.4. The minimum Gasteiger partial charge on any atom is -0.484 e. The lowest BCUT2D eigenvalue weighted by Crippen LogP contribution is -2.32. The summed E-state index contributed by atoms with van der Waals surface area (Å²) < 4.78 is 7.66. The Labute approximate surface area is 201 Å². The molecule has 0 bridgehead atoms. The van der Waals surface area contributed by atoms with Gasteiger partial charge in [-0.05, 0) is 43.5 Å². The summed E-state index contributed by atoms with van der Waals surface area (Å²) in [5.74, 6) is 1.73. The van der Waals surface area contributed by atoms with Crippen molar-refractivity contribution in [2.24, 2.45) is 0 Å². The van der Waals surface area contributed by atoms with Crippen molar-refractivity contribution in [1.29, 1.82) is 0 Å². The fraction of sp³-hybridized carbons (Fsp3) is 0.444. The number of fused-ring (bicyclic) bond motifs is 1. The molecule has 4 rings (SSSR count). The summed E-state index contributed by atoms with van der Waals surface area (Å²) in [5, 5.41) is 2.91. The number of benzene rings is 2. The van der Waals surface area contributed by atoms with E-state index in [2.05, 4.69) is 16.0 Å². The first-order valence-electron chi connectivity index (χ1n) is 12.4. The number of amides is 2. The van der Waals surface area contributed by atoms with Crippen molar-refractivity contribution in [3.05, 3.63) is 60.4 Å². The van der Waals surface area contributed by atoms with E-state index in [1.807, 2.05) is 53.4 Å². The first-order chi connectivity index (χ1) is 16.7. The molecule has 7 nitrogen and oxygen atoms in total. The van der Waals surface area contributed by atoms with E-state index in [0.29, 0.717) is 25.3 Å². The van der Waals surface area contributed by atoms with Gasteiger partial charge in [-0.15, -0.1) is 0 Å². The average Bonchev–Trinajstić information content (AvgIpc) is 3.01. The van der Waals surface area contributed by atoms with E-state index in [-0.39, 0.29) is 18.4 Å². The quantitative estimate of drug-likeness (QED) is 0.463. The average molecular weight is 463 g/mol. The molecular weight excluding hydrogens is 428 g/mol. The topological polar surface area (TPSA) is 76.5 Å². The number of ether oxygens (including phenoxy) is 1. The van der Waals surface area contributed by atoms with Crippen LogP contribution in [0.4, 0.5) is 0 Å². The van der Waals surface area contributed by atoms with Crippen LogP contribution in [0.1, 0.15) is 44.3 Å². The highest BCUT2D eigenvalue weighted by Gasteiger charge is 2.17. The lowest BCUT2D eigenvalue weighted by molar-refractivity contribution is -0.131. The lowest BCUT2D eigenvalue weighted by Gasteiger charge is -2.20. The molecule has 2 amide bonds. The van der Waals surface area contributed by atoms with Gasteiger partial charge in [-0.1, -0.05) is 43.2 Å². The number of nitrogens with one attached hydrogen (secondary N) is 1. The molecule has 3 aromatic rings. The summed E-state index contributed by atoms with van der Waals surface area (Å²) in [6, 6.07) is 17.4. The zero-order valence-corrected chi connectivity index (χ0v) is 19.7. The van der Waals surface area contributed by atoms with Crippen LogP contribution >= 0.6 is 0 Å². The fourth-order valence-corrected chi connectivity index (χ4v) is 4.44. The van der Waals surface area contributed by atoms with Crippen molar-refractivity contribution in [3.63, 3.8) is 0 Å². The predicted octanol–water partition coefficient (Wildman–Crippen LogP) is 3.96. The van der Waals surface area contributed by atoms with Gasteiger partial charge in [0.2, 0.25) is 5.91 Å². The maximum atomic E-state index is 12.8. The van der Waals surface area contributed by atoms with Crippen molar-refractivity contribution in [1.82, 2.24) is 19.8 Å². The van der Waals surface area contributed by atoms with E-state index in [1.54, 1.807) is 0 Å². The van der Waals surface area contributed by atoms with E-state index < -0.39 is 0 Å². The van der Waals surface area contributed by atoms with Crippen LogP contribution in [0.25, 0.3) is 11.0 Å². The molecule has 1 N–H and O–H groups in total. The zero-order chi connectivity index (χ0) is 23.6. The van der Waals surface area contributed by atoms with Gasteiger partial charge >= 0.3 is 0 Å². The molecule has 34 heavy (non-hydrogen) atoms. The predicted molar refractivity (Wildman–Crippen MR) is 133 cm³/mol. The van der Waals surface area contributed by atoms with Crippen LogP contribution in [0.15, 0.2) is 54.6 Å². The molecule has 1 saturated heterocycles. The first kappa shape index (κ1) is 23.8. The fourth-order valence-electron chi connectivity index (χ4n) is 4.44. The summed E-state index contributed by atoms with van der Waals surface area (Å²) in [6.07, 6.45) is 6.62. The second-order valence-corrected chi connectivity index (χ2v) is 8.77. The molecule has 2 heterocycles. The number of carbonyl (C=O) groups is 2. The van der Waals surface area contributed by atoms with Gasteiger partial charge in [-0.3, -0.25) is 9.59 Å². The summed E-state index contributed by atoms with van der Waals surface area (Å²) in [4.78, 5) is 31.8. The maximum absolute atomic E-state index is 12.8. The number of nitrogens with zero attached hydrogens (tertiary/aromatic N) is 3. The van der Waals surface area contributed by atoms with Gasteiger partial charge in [0, 0.05) is 39.0 Å². The normalized spacial score (nSPS) is 14.1. The molecule has 1 aromatic heterocycles. The zero-order valence-electron chi connectivity index (χ0n) is 19.7. The minimum absolute atomic E-state index is 0.00113. The summed E-state index contributed by atoms with van der Waals surface area (Å²) in [6.45, 7) is 2.94. The number of imidazole rings is 1. The molecule has 180 valence electrons. The SMILES string of the molecule is O=C(COc1ccccc1)NCCCc1nc2ccccc2n1CCC(=O)N1CCCCCC1. The second-order valence-electron chi connectivity index (χ2n) is 8.77. The van der Waals surface area contributed by atoms with Gasteiger partial charge < -0.3 is 19.5 Å². The molecule has 0 radical (unpaired) electrons. The molecule has 0 aliphatic carbocycles. The Bertz CT molecular complexity index is 1070. The molecule has 0 unspecified atom stereocenters. The minimum atomic E-state index is -0.139. The number of para-hydroxylation sites is 3. The Hall–Kier alpha value is -3.35. The van der Waals surface area contributed by atoms with Crippen molar-refractivity contribution in [3.8, 4) is 5.75 Å². The number of aromatic nitrogens is 2. The Balaban J connectivity index is 1.29. The third kappa shape index (κ3) is 6.59. The van der Waals surface area contributed by atoms with Crippen LogP contribution in [0.3, 0.4) is 0 Å².